The van der Waals surface area contributed by atoms with Crippen LogP contribution in [0.25, 0.3) is 0 Å². The standard InChI is InChI=1S/C21H29N3O6/c25-16(9-5-2-6-12-23-17(26)10-11-18(23)27)22-13-15-19(14-7-3-1-4-8-14)21(29)24(30)20(15)28/h14,30H,1-13H2,(H,22,25). The minimum absolute atomic E-state index is 0.0461. The Morgan fingerprint density at radius 1 is 0.933 bits per heavy atom. The lowest BCUT2D eigenvalue weighted by atomic mass is 9.82. The first-order valence-electron chi connectivity index (χ1n) is 10.8. The molecule has 5 amide bonds. The van der Waals surface area contributed by atoms with Gasteiger partial charge in [-0.2, -0.15) is 0 Å². The highest BCUT2D eigenvalue weighted by Gasteiger charge is 2.41. The lowest BCUT2D eigenvalue weighted by Crippen LogP contribution is -2.31. The van der Waals surface area contributed by atoms with Crippen LogP contribution in [0.4, 0.5) is 0 Å². The van der Waals surface area contributed by atoms with Crippen LogP contribution < -0.4 is 5.32 Å². The molecule has 9 heteroatoms. The Balaban J connectivity index is 1.44. The second kappa shape index (κ2) is 9.97. The third-order valence-corrected chi connectivity index (χ3v) is 6.11. The van der Waals surface area contributed by atoms with E-state index in [0.717, 1.165) is 32.1 Å². The van der Waals surface area contributed by atoms with Crippen LogP contribution >= 0.6 is 0 Å². The molecule has 2 N–H and O–H groups in total. The Kier molecular flexibility index (Phi) is 7.36. The largest absolute Gasteiger partial charge is 0.352 e. The van der Waals surface area contributed by atoms with Crippen LogP contribution in [0, 0.1) is 5.92 Å². The van der Waals surface area contributed by atoms with E-state index in [4.69, 9.17) is 0 Å². The fourth-order valence-corrected chi connectivity index (χ4v) is 4.44. The van der Waals surface area contributed by atoms with Crippen molar-refractivity contribution in [2.24, 2.45) is 5.92 Å². The van der Waals surface area contributed by atoms with E-state index in [1.807, 2.05) is 0 Å². The molecule has 3 rings (SSSR count). The van der Waals surface area contributed by atoms with Crippen molar-refractivity contribution >= 4 is 29.5 Å². The van der Waals surface area contributed by atoms with E-state index in [1.54, 1.807) is 0 Å². The van der Waals surface area contributed by atoms with Gasteiger partial charge in [0, 0.05) is 43.5 Å². The number of hydrogen-bond acceptors (Lipinski definition) is 6. The molecule has 0 spiro atoms. The van der Waals surface area contributed by atoms with Gasteiger partial charge in [0.15, 0.2) is 0 Å². The maximum atomic E-state index is 12.3. The summed E-state index contributed by atoms with van der Waals surface area (Å²) in [6.07, 6.45) is 7.43. The second-order valence-corrected chi connectivity index (χ2v) is 8.18. The molecule has 3 aliphatic rings. The van der Waals surface area contributed by atoms with Crippen molar-refractivity contribution < 1.29 is 29.2 Å². The molecular weight excluding hydrogens is 390 g/mol. The number of imide groups is 2. The van der Waals surface area contributed by atoms with Crippen molar-refractivity contribution in [3.8, 4) is 0 Å². The molecule has 1 aliphatic carbocycles. The van der Waals surface area contributed by atoms with Gasteiger partial charge in [0.2, 0.25) is 17.7 Å². The number of carbonyl (C=O) groups is 5. The minimum atomic E-state index is -0.749. The molecule has 0 radical (unpaired) electrons. The van der Waals surface area contributed by atoms with Gasteiger partial charge in [0.1, 0.15) is 0 Å². The molecule has 2 aliphatic heterocycles. The number of rotatable bonds is 9. The summed E-state index contributed by atoms with van der Waals surface area (Å²) < 4.78 is 0. The van der Waals surface area contributed by atoms with E-state index in [1.165, 1.54) is 4.90 Å². The van der Waals surface area contributed by atoms with Crippen LogP contribution in [0.1, 0.15) is 70.6 Å². The molecule has 164 valence electrons. The summed E-state index contributed by atoms with van der Waals surface area (Å²) in [4.78, 5) is 61.1. The second-order valence-electron chi connectivity index (χ2n) is 8.18. The zero-order valence-electron chi connectivity index (χ0n) is 17.2. The zero-order valence-corrected chi connectivity index (χ0v) is 17.2. The normalized spacial score (nSPS) is 20.7. The number of nitrogens with zero attached hydrogens (tertiary/aromatic N) is 2. The quantitative estimate of drug-likeness (QED) is 0.331. The fourth-order valence-electron chi connectivity index (χ4n) is 4.44. The summed E-state index contributed by atoms with van der Waals surface area (Å²) in [7, 11) is 0. The Morgan fingerprint density at radius 2 is 1.60 bits per heavy atom. The Bertz CT molecular complexity index is 753. The molecule has 0 aromatic rings. The Hall–Kier alpha value is -2.55. The third-order valence-electron chi connectivity index (χ3n) is 6.11. The summed E-state index contributed by atoms with van der Waals surface area (Å²) in [5, 5.41) is 12.6. The summed E-state index contributed by atoms with van der Waals surface area (Å²) in [6, 6.07) is 0. The monoisotopic (exact) mass is 419 g/mol. The Morgan fingerprint density at radius 3 is 2.27 bits per heavy atom. The minimum Gasteiger partial charge on any atom is -0.352 e. The van der Waals surface area contributed by atoms with Gasteiger partial charge in [-0.3, -0.25) is 34.1 Å². The van der Waals surface area contributed by atoms with E-state index in [2.05, 4.69) is 5.32 Å². The summed E-state index contributed by atoms with van der Waals surface area (Å²) in [6.45, 7) is 0.322. The summed E-state index contributed by atoms with van der Waals surface area (Å²) >= 11 is 0. The molecule has 0 aromatic carbocycles. The average Bonchev–Trinajstić information content (AvgIpc) is 3.17. The van der Waals surface area contributed by atoms with Gasteiger partial charge in [0.05, 0.1) is 0 Å². The van der Waals surface area contributed by atoms with Crippen molar-refractivity contribution in [1.29, 1.82) is 0 Å². The van der Waals surface area contributed by atoms with Gasteiger partial charge in [-0.1, -0.05) is 25.7 Å². The van der Waals surface area contributed by atoms with Crippen LogP contribution in [0.15, 0.2) is 11.1 Å². The first kappa shape index (κ1) is 22.1. The average molecular weight is 419 g/mol. The van der Waals surface area contributed by atoms with E-state index in [0.29, 0.717) is 31.4 Å². The van der Waals surface area contributed by atoms with Crippen molar-refractivity contribution in [2.45, 2.75) is 70.6 Å². The van der Waals surface area contributed by atoms with E-state index in [-0.39, 0.29) is 60.1 Å². The van der Waals surface area contributed by atoms with E-state index >= 15 is 0 Å². The molecule has 1 saturated heterocycles. The van der Waals surface area contributed by atoms with Crippen LogP contribution in [0.3, 0.4) is 0 Å². The third kappa shape index (κ3) is 4.95. The molecule has 9 nitrogen and oxygen atoms in total. The lowest BCUT2D eigenvalue weighted by Gasteiger charge is -2.22. The zero-order chi connectivity index (χ0) is 21.7. The van der Waals surface area contributed by atoms with Crippen molar-refractivity contribution in [3.63, 3.8) is 0 Å². The predicted molar refractivity (Wildman–Crippen MR) is 105 cm³/mol. The number of nitrogens with one attached hydrogen (secondary N) is 1. The number of likely N-dealkylation sites (tertiary alicyclic amines) is 1. The molecule has 30 heavy (non-hydrogen) atoms. The van der Waals surface area contributed by atoms with Crippen LogP contribution in [-0.4, -0.2) is 57.8 Å². The number of hydrogen-bond donors (Lipinski definition) is 2. The first-order chi connectivity index (χ1) is 14.4. The van der Waals surface area contributed by atoms with Gasteiger partial charge < -0.3 is 5.32 Å². The highest BCUT2D eigenvalue weighted by molar-refractivity contribution is 6.18. The van der Waals surface area contributed by atoms with Crippen LogP contribution in [0.5, 0.6) is 0 Å². The van der Waals surface area contributed by atoms with Crippen LogP contribution in [0.2, 0.25) is 0 Å². The summed E-state index contributed by atoms with van der Waals surface area (Å²) in [5.74, 6) is -1.96. The van der Waals surface area contributed by atoms with Crippen LogP contribution in [-0.2, 0) is 24.0 Å². The maximum absolute atomic E-state index is 12.3. The van der Waals surface area contributed by atoms with Gasteiger partial charge in [-0.25, -0.2) is 0 Å². The SMILES string of the molecule is O=C(CCCCCN1C(=O)CCC1=O)NCC1=C(C2CCCCC2)C(=O)N(O)C1=O. The predicted octanol–water partition coefficient (Wildman–Crippen LogP) is 1.45. The van der Waals surface area contributed by atoms with Gasteiger partial charge in [0.25, 0.3) is 11.8 Å². The molecule has 1 saturated carbocycles. The molecule has 2 fully saturated rings. The molecule has 0 aromatic heterocycles. The van der Waals surface area contributed by atoms with Gasteiger partial charge in [-0.05, 0) is 31.6 Å². The number of unbranched alkanes of at least 4 members (excludes halogenated alkanes) is 2. The molecule has 0 unspecified atom stereocenters. The topological polar surface area (TPSA) is 124 Å². The van der Waals surface area contributed by atoms with Crippen molar-refractivity contribution in [1.82, 2.24) is 15.3 Å². The maximum Gasteiger partial charge on any atom is 0.283 e. The van der Waals surface area contributed by atoms with Crippen molar-refractivity contribution in [3.05, 3.63) is 11.1 Å². The number of carbonyl (C=O) groups excluding carboxylic acids is 5. The highest BCUT2D eigenvalue weighted by atomic mass is 16.5. The van der Waals surface area contributed by atoms with Gasteiger partial charge in [-0.15, -0.1) is 5.06 Å². The van der Waals surface area contributed by atoms with E-state index in [9.17, 15) is 29.2 Å². The smallest absolute Gasteiger partial charge is 0.283 e. The first-order valence-corrected chi connectivity index (χ1v) is 10.8. The number of hydroxylamine groups is 2. The molecular formula is C21H29N3O6. The van der Waals surface area contributed by atoms with E-state index < -0.39 is 11.8 Å². The highest BCUT2D eigenvalue weighted by Crippen LogP contribution is 2.35. The van der Waals surface area contributed by atoms with Crippen molar-refractivity contribution in [2.75, 3.05) is 13.1 Å². The fraction of sp³-hybridized carbons (Fsp3) is 0.667. The molecule has 0 atom stereocenters. The summed E-state index contributed by atoms with van der Waals surface area (Å²) in [5.41, 5.74) is 0.538. The van der Waals surface area contributed by atoms with Gasteiger partial charge >= 0.3 is 0 Å². The Labute approximate surface area is 175 Å². The lowest BCUT2D eigenvalue weighted by molar-refractivity contribution is -0.170. The molecule has 2 heterocycles. The number of amides is 5. The molecule has 0 bridgehead atoms.